The Labute approximate surface area is 47.5 Å². The number of thiol groups is 1. The lowest BCUT2D eigenvalue weighted by atomic mass is 11.0. The van der Waals surface area contributed by atoms with E-state index in [0.29, 0.717) is 0 Å². The van der Waals surface area contributed by atoms with Gasteiger partial charge in [-0.1, -0.05) is 0 Å². The van der Waals surface area contributed by atoms with E-state index >= 15 is 0 Å². The van der Waals surface area contributed by atoms with Gasteiger partial charge in [-0.15, -0.1) is 11.8 Å². The van der Waals surface area contributed by atoms with E-state index in [2.05, 4.69) is 12.6 Å². The molecule has 0 heterocycles. The van der Waals surface area contributed by atoms with Gasteiger partial charge in [0, 0.05) is 4.58 Å². The zero-order valence-electron chi connectivity index (χ0n) is 3.59. The highest BCUT2D eigenvalue weighted by Gasteiger charge is 1.87. The van der Waals surface area contributed by atoms with Crippen molar-refractivity contribution >= 4 is 24.4 Å². The number of thioether (sulfide) groups is 1. The number of hydrogen-bond donors (Lipinski definition) is 2. The minimum Gasteiger partial charge on any atom is -0.386 e. The van der Waals surface area contributed by atoms with Gasteiger partial charge in [0.05, 0.1) is 5.94 Å². The van der Waals surface area contributed by atoms with E-state index in [4.69, 9.17) is 5.11 Å². The summed E-state index contributed by atoms with van der Waals surface area (Å²) in [6.45, 7) is 1.92. The Hall–Kier alpha value is 0.660. The van der Waals surface area contributed by atoms with Gasteiger partial charge in [-0.05, 0) is 6.92 Å². The molecule has 0 fully saturated rings. The molecule has 0 aliphatic carbocycles. The first-order valence-corrected chi connectivity index (χ1v) is 3.24. The van der Waals surface area contributed by atoms with Crippen LogP contribution < -0.4 is 0 Å². The maximum Gasteiger partial charge on any atom is 0.0896 e. The van der Waals surface area contributed by atoms with Gasteiger partial charge in [-0.3, -0.25) is 0 Å². The van der Waals surface area contributed by atoms with E-state index in [0.717, 1.165) is 0 Å². The van der Waals surface area contributed by atoms with Crippen LogP contribution in [-0.4, -0.2) is 15.6 Å². The quantitative estimate of drug-likeness (QED) is 0.422. The van der Waals surface area contributed by atoms with Gasteiger partial charge in [-0.25, -0.2) is 0 Å². The van der Waals surface area contributed by atoms with Crippen LogP contribution in [0.25, 0.3) is 0 Å². The zero-order chi connectivity index (χ0) is 4.99. The summed E-state index contributed by atoms with van der Waals surface area (Å²) in [5.74, 6) is 0.171. The normalized spacial score (nSPS) is 14.5. The predicted octanol–water partition coefficient (Wildman–Crippen LogP) is 0.945. The average Bonchev–Trinajstić information content (AvgIpc) is 1.35. The van der Waals surface area contributed by atoms with Crippen molar-refractivity contribution in [3.63, 3.8) is 0 Å². The van der Waals surface area contributed by atoms with Crippen LogP contribution in [0.4, 0.5) is 0 Å². The van der Waals surface area contributed by atoms with Crippen molar-refractivity contribution in [2.24, 2.45) is 0 Å². The molecule has 0 rings (SSSR count). The number of aliphatic hydroxyl groups excluding tert-OH is 1. The van der Waals surface area contributed by atoms with Crippen molar-refractivity contribution < 1.29 is 5.11 Å². The van der Waals surface area contributed by atoms with E-state index in [9.17, 15) is 0 Å². The van der Waals surface area contributed by atoms with E-state index in [-0.39, 0.29) is 10.5 Å². The summed E-state index contributed by atoms with van der Waals surface area (Å²) in [4.78, 5) is 0. The fraction of sp³-hybridized carbons (Fsp3) is 1.00. The maximum absolute atomic E-state index is 8.15. The molecule has 0 saturated heterocycles. The summed E-state index contributed by atoms with van der Waals surface area (Å²) in [5.41, 5.74) is 0. The Morgan fingerprint density at radius 3 is 2.50 bits per heavy atom. The van der Waals surface area contributed by atoms with Crippen LogP contribution in [0.5, 0.6) is 0 Å². The first kappa shape index (κ1) is 6.66. The molecule has 6 heavy (non-hydrogen) atoms. The molecule has 0 bridgehead atoms. The molecule has 3 heteroatoms. The van der Waals surface area contributed by atoms with Crippen LogP contribution in [-0.2, 0) is 0 Å². The second-order valence-corrected chi connectivity index (χ2v) is 3.32. The van der Waals surface area contributed by atoms with E-state index in [1.165, 1.54) is 11.8 Å². The van der Waals surface area contributed by atoms with E-state index < -0.39 is 0 Å². The first-order valence-electron chi connectivity index (χ1n) is 1.68. The van der Waals surface area contributed by atoms with Crippen molar-refractivity contribution in [3.05, 3.63) is 0 Å². The molecule has 0 aromatic carbocycles. The summed E-state index contributed by atoms with van der Waals surface area (Å²) >= 11 is 5.39. The highest BCUT2D eigenvalue weighted by atomic mass is 32.2. The molecule has 1 nitrogen and oxygen atoms in total. The van der Waals surface area contributed by atoms with Gasteiger partial charge in [0.2, 0.25) is 0 Å². The lowest BCUT2D eigenvalue weighted by molar-refractivity contribution is 0.375. The van der Waals surface area contributed by atoms with E-state index in [1.54, 1.807) is 0 Å². The molecule has 0 aromatic rings. The van der Waals surface area contributed by atoms with Crippen molar-refractivity contribution in [2.45, 2.75) is 11.5 Å². The van der Waals surface area contributed by atoms with Crippen LogP contribution >= 0.6 is 24.4 Å². The molecule has 1 atom stereocenters. The monoisotopic (exact) mass is 124 g/mol. The summed E-state index contributed by atoms with van der Waals surface area (Å²) in [6, 6.07) is 0. The summed E-state index contributed by atoms with van der Waals surface area (Å²) in [7, 11) is 0. The third-order valence-electron chi connectivity index (χ3n) is 0.316. The van der Waals surface area contributed by atoms with Crippen molar-refractivity contribution in [3.8, 4) is 0 Å². The highest BCUT2D eigenvalue weighted by Crippen LogP contribution is 2.10. The molecule has 0 saturated carbocycles. The Morgan fingerprint density at radius 2 is 2.50 bits per heavy atom. The third kappa shape index (κ3) is 4.66. The second-order valence-electron chi connectivity index (χ2n) is 0.895. The Balaban J connectivity index is 2.63. The molecular formula is C3H8OS2. The molecule has 0 spiro atoms. The predicted molar refractivity (Wildman–Crippen MR) is 33.1 cm³/mol. The fourth-order valence-electron chi connectivity index (χ4n) is 0.108. The number of aliphatic hydroxyl groups is 1. The smallest absolute Gasteiger partial charge is 0.0896 e. The Morgan fingerprint density at radius 1 is 2.00 bits per heavy atom. The van der Waals surface area contributed by atoms with Gasteiger partial charge in [0.15, 0.2) is 0 Å². The second kappa shape index (κ2) is 3.84. The topological polar surface area (TPSA) is 20.2 Å². The van der Waals surface area contributed by atoms with Gasteiger partial charge in [-0.2, -0.15) is 12.6 Å². The molecule has 0 radical (unpaired) electrons. The molecule has 1 N–H and O–H groups in total. The van der Waals surface area contributed by atoms with Crippen molar-refractivity contribution in [1.82, 2.24) is 0 Å². The summed E-state index contributed by atoms with van der Waals surface area (Å²) in [6.07, 6.45) is 0. The maximum atomic E-state index is 8.15. The van der Waals surface area contributed by atoms with Crippen LogP contribution in [0.15, 0.2) is 0 Å². The van der Waals surface area contributed by atoms with Crippen molar-refractivity contribution in [2.75, 3.05) is 5.94 Å². The molecule has 0 amide bonds. The van der Waals surface area contributed by atoms with Crippen LogP contribution in [0.1, 0.15) is 6.92 Å². The third-order valence-corrected chi connectivity index (χ3v) is 1.39. The standard InChI is InChI=1S/C3H8OS2/c1-3(5)6-2-4/h3-5H,2H2,1H3. The number of rotatable bonds is 2. The molecule has 0 aromatic heterocycles. The molecular weight excluding hydrogens is 116 g/mol. The Kier molecular flexibility index (Phi) is 4.26. The summed E-state index contributed by atoms with van der Waals surface area (Å²) in [5, 5.41) is 8.15. The summed E-state index contributed by atoms with van der Waals surface area (Å²) < 4.78 is 0.259. The lowest BCUT2D eigenvalue weighted by Crippen LogP contribution is -1.82. The largest absolute Gasteiger partial charge is 0.386 e. The van der Waals surface area contributed by atoms with Gasteiger partial charge in [0.1, 0.15) is 0 Å². The lowest BCUT2D eigenvalue weighted by Gasteiger charge is -1.94. The zero-order valence-corrected chi connectivity index (χ0v) is 5.30. The van der Waals surface area contributed by atoms with Crippen LogP contribution in [0.2, 0.25) is 0 Å². The van der Waals surface area contributed by atoms with Crippen molar-refractivity contribution in [1.29, 1.82) is 0 Å². The fourth-order valence-corrected chi connectivity index (χ4v) is 0.524. The Bertz CT molecular complexity index is 30.0. The van der Waals surface area contributed by atoms with E-state index in [1.807, 2.05) is 6.92 Å². The highest BCUT2D eigenvalue weighted by molar-refractivity contribution is 8.10. The molecule has 1 unspecified atom stereocenters. The minimum absolute atomic E-state index is 0.171. The van der Waals surface area contributed by atoms with Crippen LogP contribution in [0, 0.1) is 0 Å². The first-order chi connectivity index (χ1) is 2.77. The minimum atomic E-state index is 0.171. The van der Waals surface area contributed by atoms with Gasteiger partial charge < -0.3 is 5.11 Å². The average molecular weight is 124 g/mol. The molecule has 38 valence electrons. The number of hydrogen-bond acceptors (Lipinski definition) is 3. The molecule has 0 aliphatic heterocycles. The SMILES string of the molecule is CC(S)SCO. The van der Waals surface area contributed by atoms with Gasteiger partial charge >= 0.3 is 0 Å². The van der Waals surface area contributed by atoms with Crippen LogP contribution in [0.3, 0.4) is 0 Å². The van der Waals surface area contributed by atoms with Gasteiger partial charge in [0.25, 0.3) is 0 Å². The molecule has 0 aliphatic rings.